The molecule has 0 aliphatic rings. The van der Waals surface area contributed by atoms with Crippen LogP contribution in [0.5, 0.6) is 0 Å². The van der Waals surface area contributed by atoms with E-state index in [4.69, 9.17) is 0 Å². The molecule has 0 fully saturated rings. The molecule has 0 saturated carbocycles. The van der Waals surface area contributed by atoms with Gasteiger partial charge in [-0.1, -0.05) is 66.9 Å². The van der Waals surface area contributed by atoms with Crippen LogP contribution < -0.4 is 0 Å². The van der Waals surface area contributed by atoms with E-state index in [-0.39, 0.29) is 0 Å². The minimum atomic E-state index is 0.357. The van der Waals surface area contributed by atoms with Crippen LogP contribution in [-0.2, 0) is 0 Å². The normalized spacial score (nSPS) is 14.2. The van der Waals surface area contributed by atoms with Crippen molar-refractivity contribution in [2.24, 2.45) is 11.3 Å². The first-order valence-electron chi connectivity index (χ1n) is 6.12. The van der Waals surface area contributed by atoms with E-state index in [0.717, 1.165) is 0 Å². The van der Waals surface area contributed by atoms with Crippen molar-refractivity contribution in [3.63, 3.8) is 0 Å². The van der Waals surface area contributed by atoms with E-state index in [1.807, 2.05) is 0 Å². The van der Waals surface area contributed by atoms with Gasteiger partial charge >= 0.3 is 0 Å². The van der Waals surface area contributed by atoms with Crippen LogP contribution in [0, 0.1) is 11.3 Å². The summed E-state index contributed by atoms with van der Waals surface area (Å²) in [4.78, 5) is 0. The van der Waals surface area contributed by atoms with Gasteiger partial charge in [-0.15, -0.1) is 6.58 Å². The van der Waals surface area contributed by atoms with Crippen molar-refractivity contribution in [3.8, 4) is 0 Å². The second-order valence-corrected chi connectivity index (χ2v) is 4.68. The highest BCUT2D eigenvalue weighted by Crippen LogP contribution is 2.33. The zero-order valence-corrected chi connectivity index (χ0v) is 11.2. The first-order chi connectivity index (χ1) is 6.48. The molecule has 1 unspecified atom stereocenters. The summed E-state index contributed by atoms with van der Waals surface area (Å²) >= 11 is 0. The van der Waals surface area contributed by atoms with Crippen LogP contribution in [0.2, 0.25) is 0 Å². The van der Waals surface area contributed by atoms with Crippen molar-refractivity contribution in [1.82, 2.24) is 0 Å². The Morgan fingerprint density at radius 3 is 1.86 bits per heavy atom. The van der Waals surface area contributed by atoms with E-state index < -0.39 is 0 Å². The molecule has 0 aromatic rings. The molecule has 0 heterocycles. The Kier molecular flexibility index (Phi) is 10.7. The largest absolute Gasteiger partial charge is 0.103 e. The third kappa shape index (κ3) is 7.17. The summed E-state index contributed by atoms with van der Waals surface area (Å²) in [6, 6.07) is 0. The molecular weight excluding hydrogens is 168 g/mol. The summed E-state index contributed by atoms with van der Waals surface area (Å²) in [6.45, 7) is 17.3. The maximum Gasteiger partial charge on any atom is -0.0126 e. The second kappa shape index (κ2) is 9.30. The van der Waals surface area contributed by atoms with Crippen molar-refractivity contribution in [1.29, 1.82) is 0 Å². The highest BCUT2D eigenvalue weighted by molar-refractivity contribution is 4.93. The highest BCUT2D eigenvalue weighted by atomic mass is 14.3. The SMILES string of the molecule is C=CC(C)(CCCC)C(C)C.CCC. The van der Waals surface area contributed by atoms with Gasteiger partial charge in [0.2, 0.25) is 0 Å². The number of unbranched alkanes of at least 4 members (excludes halogenated alkanes) is 1. The smallest absolute Gasteiger partial charge is 0.0126 e. The first kappa shape index (κ1) is 16.2. The summed E-state index contributed by atoms with van der Waals surface area (Å²) in [5.41, 5.74) is 0.357. The third-order valence-corrected chi connectivity index (χ3v) is 2.85. The van der Waals surface area contributed by atoms with Gasteiger partial charge in [-0.3, -0.25) is 0 Å². The quantitative estimate of drug-likeness (QED) is 0.516. The maximum atomic E-state index is 3.91. The van der Waals surface area contributed by atoms with Crippen LogP contribution in [0.4, 0.5) is 0 Å². The van der Waals surface area contributed by atoms with Crippen LogP contribution in [0.3, 0.4) is 0 Å². The van der Waals surface area contributed by atoms with E-state index >= 15 is 0 Å². The summed E-state index contributed by atoms with van der Waals surface area (Å²) in [5, 5.41) is 0. The van der Waals surface area contributed by atoms with Crippen LogP contribution in [-0.4, -0.2) is 0 Å². The molecule has 0 aromatic heterocycles. The lowest BCUT2D eigenvalue weighted by Gasteiger charge is -2.30. The Labute approximate surface area is 91.8 Å². The fraction of sp³-hybridized carbons (Fsp3) is 0.857. The van der Waals surface area contributed by atoms with Gasteiger partial charge in [0.05, 0.1) is 0 Å². The Morgan fingerprint density at radius 1 is 1.21 bits per heavy atom. The fourth-order valence-electron chi connectivity index (χ4n) is 1.18. The van der Waals surface area contributed by atoms with Gasteiger partial charge in [-0.05, 0) is 17.8 Å². The fourth-order valence-corrected chi connectivity index (χ4v) is 1.18. The lowest BCUT2D eigenvalue weighted by atomic mass is 9.75. The molecule has 86 valence electrons. The molecule has 0 bridgehead atoms. The van der Waals surface area contributed by atoms with Gasteiger partial charge in [0.1, 0.15) is 0 Å². The monoisotopic (exact) mass is 198 g/mol. The van der Waals surface area contributed by atoms with E-state index in [1.165, 1.54) is 25.7 Å². The Hall–Kier alpha value is -0.260. The van der Waals surface area contributed by atoms with Crippen molar-refractivity contribution in [2.45, 2.75) is 67.2 Å². The molecule has 0 N–H and O–H groups in total. The third-order valence-electron chi connectivity index (χ3n) is 2.85. The second-order valence-electron chi connectivity index (χ2n) is 4.68. The standard InChI is InChI=1S/C11H22.C3H8/c1-6-8-9-11(5,7-2)10(3)4;1-3-2/h7,10H,2,6,8-9H2,1,3-5H3;3H2,1-2H3. The highest BCUT2D eigenvalue weighted by Gasteiger charge is 2.23. The van der Waals surface area contributed by atoms with E-state index in [0.29, 0.717) is 11.3 Å². The minimum Gasteiger partial charge on any atom is -0.103 e. The number of rotatable bonds is 5. The summed E-state index contributed by atoms with van der Waals surface area (Å²) in [5.74, 6) is 0.714. The predicted octanol–water partition coefficient (Wildman–Crippen LogP) is 5.44. The zero-order chi connectivity index (χ0) is 11.6. The predicted molar refractivity (Wildman–Crippen MR) is 68.6 cm³/mol. The Morgan fingerprint density at radius 2 is 1.64 bits per heavy atom. The summed E-state index contributed by atoms with van der Waals surface area (Å²) in [6.07, 6.45) is 7.26. The minimum absolute atomic E-state index is 0.357. The molecule has 0 aromatic carbocycles. The van der Waals surface area contributed by atoms with Crippen molar-refractivity contribution in [3.05, 3.63) is 12.7 Å². The molecule has 0 spiro atoms. The molecule has 0 heteroatoms. The maximum absolute atomic E-state index is 3.91. The Balaban J connectivity index is 0. The van der Waals surface area contributed by atoms with Crippen LogP contribution >= 0.6 is 0 Å². The molecule has 1 atom stereocenters. The lowest BCUT2D eigenvalue weighted by molar-refractivity contribution is 0.268. The molecule has 14 heavy (non-hydrogen) atoms. The van der Waals surface area contributed by atoms with Gasteiger partial charge in [-0.2, -0.15) is 0 Å². The van der Waals surface area contributed by atoms with E-state index in [9.17, 15) is 0 Å². The lowest BCUT2D eigenvalue weighted by Crippen LogP contribution is -2.20. The molecule has 0 aliphatic carbocycles. The van der Waals surface area contributed by atoms with Crippen LogP contribution in [0.1, 0.15) is 67.2 Å². The van der Waals surface area contributed by atoms with Crippen LogP contribution in [0.15, 0.2) is 12.7 Å². The Bertz CT molecular complexity index is 124. The van der Waals surface area contributed by atoms with Gasteiger partial charge in [0.15, 0.2) is 0 Å². The van der Waals surface area contributed by atoms with Gasteiger partial charge < -0.3 is 0 Å². The van der Waals surface area contributed by atoms with E-state index in [2.05, 4.69) is 54.2 Å². The van der Waals surface area contributed by atoms with E-state index in [1.54, 1.807) is 0 Å². The average molecular weight is 198 g/mol. The molecule has 0 saturated heterocycles. The van der Waals surface area contributed by atoms with Gasteiger partial charge in [-0.25, -0.2) is 0 Å². The van der Waals surface area contributed by atoms with Crippen molar-refractivity contribution in [2.75, 3.05) is 0 Å². The number of hydrogen-bond donors (Lipinski definition) is 0. The number of allylic oxidation sites excluding steroid dienone is 1. The average Bonchev–Trinajstić information content (AvgIpc) is 2.15. The summed E-state index contributed by atoms with van der Waals surface area (Å²) in [7, 11) is 0. The van der Waals surface area contributed by atoms with Crippen molar-refractivity contribution >= 4 is 0 Å². The molecule has 0 amide bonds. The van der Waals surface area contributed by atoms with Crippen LogP contribution in [0.25, 0.3) is 0 Å². The summed E-state index contributed by atoms with van der Waals surface area (Å²) < 4.78 is 0. The molecule has 0 aliphatic heterocycles. The van der Waals surface area contributed by atoms with Gasteiger partial charge in [0.25, 0.3) is 0 Å². The molecular formula is C14H30. The number of hydrogen-bond acceptors (Lipinski definition) is 0. The zero-order valence-electron chi connectivity index (χ0n) is 11.2. The molecule has 0 radical (unpaired) electrons. The first-order valence-corrected chi connectivity index (χ1v) is 6.12. The topological polar surface area (TPSA) is 0 Å². The van der Waals surface area contributed by atoms with Crippen molar-refractivity contribution < 1.29 is 0 Å². The molecule has 0 nitrogen and oxygen atoms in total. The van der Waals surface area contributed by atoms with Gasteiger partial charge in [0, 0.05) is 0 Å². The molecule has 0 rings (SSSR count).